The van der Waals surface area contributed by atoms with Gasteiger partial charge in [-0.1, -0.05) is 72.7 Å². The van der Waals surface area contributed by atoms with Crippen molar-refractivity contribution in [1.29, 1.82) is 0 Å². The predicted octanol–water partition coefficient (Wildman–Crippen LogP) is 9.07. The third kappa shape index (κ3) is 5.50. The van der Waals surface area contributed by atoms with Gasteiger partial charge in [-0.15, -0.1) is 0 Å². The minimum absolute atomic E-state index is 0.0960. The van der Waals surface area contributed by atoms with E-state index in [0.29, 0.717) is 17.8 Å². The lowest BCUT2D eigenvalue weighted by Gasteiger charge is -2.54. The summed E-state index contributed by atoms with van der Waals surface area (Å²) in [6.45, 7) is 20.6. The number of hydrogen-bond acceptors (Lipinski definition) is 3. The van der Waals surface area contributed by atoms with Crippen molar-refractivity contribution in [3.63, 3.8) is 0 Å². The van der Waals surface area contributed by atoms with E-state index < -0.39 is 14.4 Å². The van der Waals surface area contributed by atoms with Gasteiger partial charge in [-0.3, -0.25) is 4.98 Å². The molecule has 1 aromatic heterocycles. The highest BCUT2D eigenvalue weighted by molar-refractivity contribution is 14.1. The first-order chi connectivity index (χ1) is 16.6. The highest BCUT2D eigenvalue weighted by Crippen LogP contribution is 2.60. The van der Waals surface area contributed by atoms with E-state index in [0.717, 1.165) is 31.2 Å². The van der Waals surface area contributed by atoms with E-state index in [2.05, 4.69) is 114 Å². The van der Waals surface area contributed by atoms with Gasteiger partial charge in [0.25, 0.3) is 0 Å². The number of fused-ring (bicyclic) bond motifs is 1. The molecule has 2 aromatic rings. The predicted molar refractivity (Wildman–Crippen MR) is 161 cm³/mol. The van der Waals surface area contributed by atoms with E-state index in [4.69, 9.17) is 9.41 Å². The van der Waals surface area contributed by atoms with Gasteiger partial charge in [0.1, 0.15) is 0 Å². The van der Waals surface area contributed by atoms with Crippen molar-refractivity contribution in [2.24, 2.45) is 11.3 Å². The largest absolute Gasteiger partial charge is 0.410 e. The lowest BCUT2D eigenvalue weighted by Crippen LogP contribution is -2.49. The second-order valence-electron chi connectivity index (χ2n) is 13.7. The summed E-state index contributed by atoms with van der Waals surface area (Å²) in [5.41, 5.74) is 6.32. The first kappa shape index (κ1) is 28.3. The average molecular weight is 620 g/mol. The molecule has 4 rings (SSSR count). The molecular formula is C31H46INO2Si. The summed E-state index contributed by atoms with van der Waals surface area (Å²) < 4.78 is 8.44. The second-order valence-corrected chi connectivity index (χ2v) is 19.6. The molecule has 2 atom stereocenters. The minimum Gasteiger partial charge on any atom is -0.410 e. The normalized spacial score (nSPS) is 25.2. The van der Waals surface area contributed by atoms with E-state index in [1.54, 1.807) is 0 Å². The van der Waals surface area contributed by atoms with Gasteiger partial charge in [-0.2, -0.15) is 0 Å². The standard InChI is InChI=1S/C31H46INO2Si/c1-19(2)21-10-12-22(13-11-21)29(34)23-15-31(16-23)17-26-28(24(32)14-25(33-26)20(3)4)27(18-31)35-36(8,9)30(5,6)7/h10-14,19-20,23,27,29,34H,15-18H2,1-9H3/t23?,27-,29-,31?/m0/s1. The second kappa shape index (κ2) is 10.1. The summed E-state index contributed by atoms with van der Waals surface area (Å²) in [7, 11) is -1.96. The fourth-order valence-electron chi connectivity index (χ4n) is 5.86. The molecule has 1 fully saturated rings. The Kier molecular flexibility index (Phi) is 7.91. The van der Waals surface area contributed by atoms with Crippen molar-refractivity contribution >= 4 is 30.9 Å². The number of halogens is 1. The van der Waals surface area contributed by atoms with E-state index in [-0.39, 0.29) is 16.6 Å². The Morgan fingerprint density at radius 2 is 1.58 bits per heavy atom. The minimum atomic E-state index is -1.96. The molecule has 0 unspecified atom stereocenters. The summed E-state index contributed by atoms with van der Waals surface area (Å²) in [6.07, 6.45) is 3.83. The van der Waals surface area contributed by atoms with Crippen LogP contribution in [0.3, 0.4) is 0 Å². The molecule has 198 valence electrons. The maximum Gasteiger partial charge on any atom is 0.192 e. The molecular weight excluding hydrogens is 573 g/mol. The Hall–Kier alpha value is -0.763. The molecule has 0 radical (unpaired) electrons. The van der Waals surface area contributed by atoms with Gasteiger partial charge in [0.15, 0.2) is 8.32 Å². The zero-order valence-electron chi connectivity index (χ0n) is 23.8. The number of nitrogens with zero attached hydrogens (tertiary/aromatic N) is 1. The molecule has 2 aliphatic rings. The Morgan fingerprint density at radius 1 is 1.00 bits per heavy atom. The van der Waals surface area contributed by atoms with Crippen molar-refractivity contribution in [3.05, 3.63) is 62.0 Å². The van der Waals surface area contributed by atoms with Gasteiger partial charge in [-0.05, 0) is 107 Å². The van der Waals surface area contributed by atoms with Crippen LogP contribution >= 0.6 is 22.6 Å². The first-order valence-electron chi connectivity index (χ1n) is 13.8. The van der Waals surface area contributed by atoms with Crippen LogP contribution in [0.5, 0.6) is 0 Å². The summed E-state index contributed by atoms with van der Waals surface area (Å²) in [5, 5.41) is 11.4. The molecule has 0 saturated heterocycles. The molecule has 1 aromatic carbocycles. The first-order valence-corrected chi connectivity index (χ1v) is 17.8. The van der Waals surface area contributed by atoms with Crippen LogP contribution in [0, 0.1) is 14.9 Å². The van der Waals surface area contributed by atoms with Gasteiger partial charge in [0, 0.05) is 20.5 Å². The fraction of sp³-hybridized carbons (Fsp3) is 0.645. The van der Waals surface area contributed by atoms with Crippen LogP contribution in [0.2, 0.25) is 18.1 Å². The Morgan fingerprint density at radius 3 is 2.11 bits per heavy atom. The van der Waals surface area contributed by atoms with Crippen molar-refractivity contribution in [1.82, 2.24) is 4.98 Å². The monoisotopic (exact) mass is 619 g/mol. The van der Waals surface area contributed by atoms with Crippen LogP contribution in [-0.2, 0) is 10.8 Å². The maximum absolute atomic E-state index is 11.3. The van der Waals surface area contributed by atoms with Crippen LogP contribution < -0.4 is 0 Å². The molecule has 1 saturated carbocycles. The molecule has 5 heteroatoms. The Balaban J connectivity index is 1.60. The number of hydrogen-bond donors (Lipinski definition) is 1. The molecule has 1 spiro atoms. The lowest BCUT2D eigenvalue weighted by molar-refractivity contribution is -0.0662. The number of aliphatic hydroxyl groups is 1. The van der Waals surface area contributed by atoms with E-state index in [1.807, 2.05) is 0 Å². The molecule has 2 aliphatic carbocycles. The smallest absolute Gasteiger partial charge is 0.192 e. The third-order valence-electron chi connectivity index (χ3n) is 9.21. The zero-order chi connectivity index (χ0) is 26.6. The molecule has 3 nitrogen and oxygen atoms in total. The lowest BCUT2D eigenvalue weighted by atomic mass is 9.53. The number of aliphatic hydroxyl groups excluding tert-OH is 1. The maximum atomic E-state index is 11.3. The van der Waals surface area contributed by atoms with Crippen LogP contribution in [0.1, 0.15) is 120 Å². The van der Waals surface area contributed by atoms with Gasteiger partial charge in [-0.25, -0.2) is 0 Å². The van der Waals surface area contributed by atoms with Crippen molar-refractivity contribution in [3.8, 4) is 0 Å². The summed E-state index contributed by atoms with van der Waals surface area (Å²) in [6, 6.07) is 10.9. The van der Waals surface area contributed by atoms with Crippen LogP contribution in [0.15, 0.2) is 30.3 Å². The fourth-order valence-corrected chi connectivity index (χ4v) is 8.10. The molecule has 36 heavy (non-hydrogen) atoms. The summed E-state index contributed by atoms with van der Waals surface area (Å²) in [5.74, 6) is 1.22. The van der Waals surface area contributed by atoms with Crippen molar-refractivity contribution < 1.29 is 9.53 Å². The SMILES string of the molecule is CC(C)c1ccc([C@H](O)C2CC3(Cc4nc(C(C)C)cc(I)c4[C@@H](O[Si](C)(C)C(C)(C)C)C3)C2)cc1. The van der Waals surface area contributed by atoms with Crippen LogP contribution in [0.25, 0.3) is 0 Å². The van der Waals surface area contributed by atoms with Gasteiger partial charge >= 0.3 is 0 Å². The van der Waals surface area contributed by atoms with E-state index in [1.165, 1.54) is 26.1 Å². The van der Waals surface area contributed by atoms with Crippen LogP contribution in [0.4, 0.5) is 0 Å². The molecule has 0 amide bonds. The average Bonchev–Trinajstić information content (AvgIpc) is 2.75. The third-order valence-corrected chi connectivity index (χ3v) is 14.6. The summed E-state index contributed by atoms with van der Waals surface area (Å²) in [4.78, 5) is 5.22. The van der Waals surface area contributed by atoms with Crippen molar-refractivity contribution in [2.75, 3.05) is 0 Å². The quantitative estimate of drug-likeness (QED) is 0.259. The topological polar surface area (TPSA) is 42.4 Å². The Labute approximate surface area is 234 Å². The molecule has 0 bridgehead atoms. The highest BCUT2D eigenvalue weighted by atomic mass is 127. The highest BCUT2D eigenvalue weighted by Gasteiger charge is 2.53. The van der Waals surface area contributed by atoms with Gasteiger partial charge in [0.05, 0.1) is 12.2 Å². The van der Waals surface area contributed by atoms with Gasteiger partial charge in [0.2, 0.25) is 0 Å². The van der Waals surface area contributed by atoms with Gasteiger partial charge < -0.3 is 9.53 Å². The zero-order valence-corrected chi connectivity index (χ0v) is 26.9. The van der Waals surface area contributed by atoms with E-state index in [9.17, 15) is 5.11 Å². The van der Waals surface area contributed by atoms with Crippen molar-refractivity contribution in [2.45, 2.75) is 116 Å². The Bertz CT molecular complexity index is 1080. The summed E-state index contributed by atoms with van der Waals surface area (Å²) >= 11 is 2.52. The van der Waals surface area contributed by atoms with Crippen LogP contribution in [-0.4, -0.2) is 18.4 Å². The number of aromatic nitrogens is 1. The number of pyridine rings is 1. The molecule has 0 aliphatic heterocycles. The number of rotatable bonds is 6. The molecule has 1 N–H and O–H groups in total. The van der Waals surface area contributed by atoms with E-state index >= 15 is 0 Å². The number of benzene rings is 1. The molecule has 1 heterocycles.